The third-order valence-electron chi connectivity index (χ3n) is 22.0. The van der Waals surface area contributed by atoms with Crippen molar-refractivity contribution in [2.75, 3.05) is 118 Å². The van der Waals surface area contributed by atoms with E-state index in [1.807, 2.05) is 0 Å². The van der Waals surface area contributed by atoms with Crippen LogP contribution in [0.15, 0.2) is 0 Å². The number of aliphatic hydroxyl groups is 10. The van der Waals surface area contributed by atoms with E-state index in [2.05, 4.69) is 58.5 Å². The van der Waals surface area contributed by atoms with Gasteiger partial charge in [-0.3, -0.25) is 62.1 Å². The number of amides is 12. The van der Waals surface area contributed by atoms with Gasteiger partial charge in [-0.1, -0.05) is 38.5 Å². The molecule has 748 valence electrons. The minimum atomic E-state index is -3.20. The molecule has 0 radical (unpaired) electrons. The Kier molecular flexibility index (Phi) is 55.9. The third kappa shape index (κ3) is 43.6. The van der Waals surface area contributed by atoms with Crippen LogP contribution in [0.1, 0.15) is 195 Å². The lowest BCUT2D eigenvalue weighted by Gasteiger charge is -2.46. The van der Waals surface area contributed by atoms with Crippen molar-refractivity contribution in [1.29, 1.82) is 0 Å². The second-order valence-electron chi connectivity index (χ2n) is 32.8. The number of nitrogens with zero attached hydrogens (tertiary/aromatic N) is 1. The maximum absolute atomic E-state index is 14.0. The fraction of sp³-hybridized carbons (Fsp3) is 0.854. The normalized spacial score (nSPS) is 27.5. The number of carbonyl (C=O) groups is 12. The molecule has 0 saturated carbocycles. The summed E-state index contributed by atoms with van der Waals surface area (Å²) in [5.41, 5.74) is 0. The number of β-amino-alcohol motifs (C(OH)–C–C–N with tert-alkyl or cyclic N) is 1. The van der Waals surface area contributed by atoms with Crippen molar-refractivity contribution in [2.45, 2.75) is 329 Å². The summed E-state index contributed by atoms with van der Waals surface area (Å²) in [5, 5.41) is 131. The van der Waals surface area contributed by atoms with Crippen molar-refractivity contribution in [1.82, 2.24) is 63.4 Å². The van der Waals surface area contributed by atoms with E-state index >= 15 is 0 Å². The zero-order chi connectivity index (χ0) is 95.5. The highest BCUT2D eigenvalue weighted by Crippen LogP contribution is 2.31. The maximum atomic E-state index is 14.0. The predicted octanol–water partition coefficient (Wildman–Crippen LogP) is -6.19. The standard InChI is InChI=1S/C82H145N12O35P/c1-49(98)89-67-74(114)71(111)55(44-95)127-80(67)122-36-16-13-22-59(103)83-30-19-33-86-62(106)27-39-119-48-58-77(120-40-28-63(107)87-34-20-31-84-60(104)23-14-17-37-123-81-68(90-50(2)99)75(115)72(112)56(45-96)128-81)78(121-41-29-64(108)88-35-21-32-85-61(105)24-15-18-38-124-82-69(91-51(3)100)76(116)73(113)57(46-97)129-82)70(92-52(4)101)79(126-58)93-65(109)25-11-9-7-5-6-8-10-12-26-66(110)94-43-54(102)42-53(94)47-125-130(117)118/h53-58,67-82,95-97,102,111-116,130H,5-48H2,1-4H3,(H,83,103)(H,84,104)(H,85,105)(H,86,106)(H,87,107)(H,88,108)(H,89,98)(H,90,99)(H,91,100)(H,92,101)(H,93,109)(H,117,118)/t53-,54+,55+,56+,57+,58+,67+,68+,69+,70+,71-,72-,73-,74+,75+,76+,77+,78+,79+,80+,81+,82+/m0/s1. The number of rotatable bonds is 65. The van der Waals surface area contributed by atoms with Crippen molar-refractivity contribution in [3.8, 4) is 0 Å². The molecule has 23 atom stereocenters. The molecule has 5 saturated heterocycles. The van der Waals surface area contributed by atoms with Gasteiger partial charge >= 0.3 is 8.25 Å². The second-order valence-corrected chi connectivity index (χ2v) is 33.6. The van der Waals surface area contributed by atoms with Gasteiger partial charge < -0.3 is 171 Å². The molecule has 0 aliphatic carbocycles. The molecule has 12 amide bonds. The molecule has 5 aliphatic rings. The quantitative estimate of drug-likeness (QED) is 0.0199. The summed E-state index contributed by atoms with van der Waals surface area (Å²) in [6.07, 6.45) is -12.5. The molecule has 0 spiro atoms. The van der Waals surface area contributed by atoms with Crippen LogP contribution in [0.3, 0.4) is 0 Å². The summed E-state index contributed by atoms with van der Waals surface area (Å²) in [5.74, 6) is -4.94. The maximum Gasteiger partial charge on any atom is 0.316 e. The van der Waals surface area contributed by atoms with Crippen LogP contribution in [0.2, 0.25) is 0 Å². The molecule has 0 aromatic carbocycles. The fourth-order valence-corrected chi connectivity index (χ4v) is 15.5. The van der Waals surface area contributed by atoms with Gasteiger partial charge in [0.1, 0.15) is 97.4 Å². The molecular formula is C82H145N12O35P. The van der Waals surface area contributed by atoms with Gasteiger partial charge in [0, 0.05) is 145 Å². The molecule has 5 heterocycles. The smallest absolute Gasteiger partial charge is 0.316 e. The van der Waals surface area contributed by atoms with Crippen LogP contribution in [0.5, 0.6) is 0 Å². The van der Waals surface area contributed by atoms with Gasteiger partial charge in [0.05, 0.1) is 65.0 Å². The van der Waals surface area contributed by atoms with E-state index in [1.165, 1.54) is 32.6 Å². The highest BCUT2D eigenvalue weighted by atomic mass is 31.1. The molecule has 22 N–H and O–H groups in total. The summed E-state index contributed by atoms with van der Waals surface area (Å²) in [6.45, 7) is 3.07. The highest BCUT2D eigenvalue weighted by molar-refractivity contribution is 7.32. The van der Waals surface area contributed by atoms with Gasteiger partial charge in [0.2, 0.25) is 70.9 Å². The van der Waals surface area contributed by atoms with E-state index in [-0.39, 0.29) is 180 Å². The SMILES string of the molecule is CC(=O)N[C@@H]1[C@@H](OCCC(=O)NCCCNC(=O)CCCCO[C@@H]2O[C@H](CO)[C@H](O)[C@H](O)[C@H]2NC(C)=O)[C@H](OCCC(=O)NCCCNC(=O)CCCCO[C@@H]2O[C@H](CO)[C@H](O)[C@H](O)[C@H]2NC(C)=O)[C@@H](COCCC(=O)NCCCNC(=O)CCCCO[C@@H]2O[C@H](CO)[C@H](O)[C@H](O)[C@H]2NC(C)=O)O[C@H]1NC(=O)CCCCCCCCCCC(=O)N1C[C@H](O)C[C@H]1CO[PH](=O)O. The fourth-order valence-electron chi connectivity index (χ4n) is 15.2. The third-order valence-corrected chi connectivity index (χ3v) is 22.5. The number of hydrogen-bond donors (Lipinski definition) is 22. The zero-order valence-corrected chi connectivity index (χ0v) is 76.0. The monoisotopic (exact) mass is 1890 g/mol. The van der Waals surface area contributed by atoms with Crippen molar-refractivity contribution in [3.05, 3.63) is 0 Å². The molecule has 0 bridgehead atoms. The van der Waals surface area contributed by atoms with E-state index in [0.717, 1.165) is 32.1 Å². The number of nitrogens with one attached hydrogen (secondary N) is 11. The molecule has 0 aromatic heterocycles. The summed E-state index contributed by atoms with van der Waals surface area (Å²) >= 11 is 0. The van der Waals surface area contributed by atoms with Crippen LogP contribution >= 0.6 is 8.25 Å². The molecule has 48 heteroatoms. The van der Waals surface area contributed by atoms with Crippen molar-refractivity contribution >= 4 is 79.1 Å². The lowest BCUT2D eigenvalue weighted by molar-refractivity contribution is -0.270. The predicted molar refractivity (Wildman–Crippen MR) is 455 cm³/mol. The number of hydrogen-bond acceptors (Lipinski definition) is 34. The Morgan fingerprint density at radius 1 is 0.346 bits per heavy atom. The van der Waals surface area contributed by atoms with Crippen LogP contribution in [0.25, 0.3) is 0 Å². The van der Waals surface area contributed by atoms with Crippen LogP contribution in [-0.2, 0) is 114 Å². The number of likely N-dealkylation sites (tertiary alicyclic amines) is 1. The Morgan fingerprint density at radius 3 is 1.05 bits per heavy atom. The number of unbranched alkanes of at least 4 members (excludes halogenated alkanes) is 10. The minimum Gasteiger partial charge on any atom is -0.394 e. The Labute approximate surface area is 757 Å². The average Bonchev–Trinajstić information content (AvgIpc) is 0.828. The van der Waals surface area contributed by atoms with Crippen molar-refractivity contribution in [3.63, 3.8) is 0 Å². The first-order valence-electron chi connectivity index (χ1n) is 45.3. The van der Waals surface area contributed by atoms with Crippen LogP contribution in [0.4, 0.5) is 0 Å². The Hall–Kier alpha value is -7.01. The molecule has 47 nitrogen and oxygen atoms in total. The summed E-state index contributed by atoms with van der Waals surface area (Å²) in [4.78, 5) is 165. The minimum absolute atomic E-state index is 0.0309. The number of ether oxygens (including phenoxy) is 10. The van der Waals surface area contributed by atoms with Crippen LogP contribution < -0.4 is 58.5 Å². The molecule has 0 aromatic rings. The van der Waals surface area contributed by atoms with Crippen LogP contribution in [-0.4, -0.2) is 385 Å². The molecule has 130 heavy (non-hydrogen) atoms. The van der Waals surface area contributed by atoms with E-state index in [9.17, 15) is 113 Å². The van der Waals surface area contributed by atoms with E-state index < -0.39 is 210 Å². The van der Waals surface area contributed by atoms with Gasteiger partial charge in [-0.15, -0.1) is 0 Å². The lowest BCUT2D eigenvalue weighted by Crippen LogP contribution is -2.69. The van der Waals surface area contributed by atoms with Gasteiger partial charge in [-0.25, -0.2) is 0 Å². The van der Waals surface area contributed by atoms with Gasteiger partial charge in [-0.2, -0.15) is 0 Å². The summed E-state index contributed by atoms with van der Waals surface area (Å²) in [7, 11) is -3.20. The first kappa shape index (κ1) is 113. The molecular weight excluding hydrogens is 1740 g/mol. The lowest BCUT2D eigenvalue weighted by atomic mass is 9.94. The summed E-state index contributed by atoms with van der Waals surface area (Å²) in [6, 6.07) is -5.06. The number of aliphatic hydroxyl groups excluding tert-OH is 10. The second kappa shape index (κ2) is 64.0. The zero-order valence-electron chi connectivity index (χ0n) is 75.0. The first-order valence-corrected chi connectivity index (χ1v) is 46.5. The van der Waals surface area contributed by atoms with Crippen molar-refractivity contribution in [2.24, 2.45) is 0 Å². The highest BCUT2D eigenvalue weighted by Gasteiger charge is 2.51. The largest absolute Gasteiger partial charge is 0.394 e. The Morgan fingerprint density at radius 2 is 0.677 bits per heavy atom. The van der Waals surface area contributed by atoms with E-state index in [0.29, 0.717) is 77.0 Å². The van der Waals surface area contributed by atoms with E-state index in [4.69, 9.17) is 56.8 Å². The van der Waals surface area contributed by atoms with Crippen molar-refractivity contribution < 1.29 is 170 Å². The summed E-state index contributed by atoms with van der Waals surface area (Å²) < 4.78 is 75.6. The topological polar surface area (TPSA) is 682 Å². The van der Waals surface area contributed by atoms with E-state index in [1.54, 1.807) is 0 Å². The molecule has 1 unspecified atom stereocenters. The van der Waals surface area contributed by atoms with Gasteiger partial charge in [-0.05, 0) is 77.0 Å². The average molecular weight is 1890 g/mol. The van der Waals surface area contributed by atoms with Crippen LogP contribution in [0, 0.1) is 0 Å². The van der Waals surface area contributed by atoms with Gasteiger partial charge in [0.15, 0.2) is 25.1 Å². The Balaban J connectivity index is 1.18. The molecule has 5 aliphatic heterocycles. The number of carbonyl (C=O) groups excluding carboxylic acids is 12. The first-order chi connectivity index (χ1) is 62.2. The Bertz CT molecular complexity index is 3410. The molecule has 5 fully saturated rings. The van der Waals surface area contributed by atoms with Gasteiger partial charge in [0.25, 0.3) is 0 Å². The molecule has 5 rings (SSSR count).